The Morgan fingerprint density at radius 2 is 2.00 bits per heavy atom. The molecule has 0 saturated carbocycles. The summed E-state index contributed by atoms with van der Waals surface area (Å²) in [5.74, 6) is -0.312. The second-order valence-corrected chi connectivity index (χ2v) is 8.46. The molecule has 0 aliphatic carbocycles. The number of rotatable bonds is 6. The van der Waals surface area contributed by atoms with Crippen LogP contribution in [0.25, 0.3) is 0 Å². The van der Waals surface area contributed by atoms with E-state index in [4.69, 9.17) is 0 Å². The molecule has 1 saturated heterocycles. The standard InChI is InChI=1S/C17H27FN4O3S.HI/c1-3-19-17(20-12-13-5-6-16(23)15(18)11-13)21-14-7-9-22(10-8-14)26(24,25)4-2;/h5-6,11,14,23H,3-4,7-10,12H2,1-2H3,(H2,19,20,21);1H. The van der Waals surface area contributed by atoms with E-state index in [1.807, 2.05) is 6.92 Å². The lowest BCUT2D eigenvalue weighted by Gasteiger charge is -2.32. The maximum atomic E-state index is 13.4. The minimum Gasteiger partial charge on any atom is -0.505 e. The minimum absolute atomic E-state index is 0. The summed E-state index contributed by atoms with van der Waals surface area (Å²) in [6, 6.07) is 4.33. The predicted molar refractivity (Wildman–Crippen MR) is 115 cm³/mol. The minimum atomic E-state index is -3.13. The number of halogens is 2. The van der Waals surface area contributed by atoms with Crippen molar-refractivity contribution >= 4 is 40.0 Å². The molecule has 1 heterocycles. The average Bonchev–Trinajstić information content (AvgIpc) is 2.63. The van der Waals surface area contributed by atoms with Gasteiger partial charge in [-0.3, -0.25) is 0 Å². The number of hydrogen-bond donors (Lipinski definition) is 3. The van der Waals surface area contributed by atoms with Crippen molar-refractivity contribution in [3.63, 3.8) is 0 Å². The number of piperidine rings is 1. The Balaban J connectivity index is 0.00000364. The highest BCUT2D eigenvalue weighted by Gasteiger charge is 2.26. The van der Waals surface area contributed by atoms with Gasteiger partial charge in [-0.05, 0) is 44.4 Å². The monoisotopic (exact) mass is 514 g/mol. The molecule has 154 valence electrons. The highest BCUT2D eigenvalue weighted by Crippen LogP contribution is 2.17. The first-order chi connectivity index (χ1) is 12.4. The third-order valence-corrected chi connectivity index (χ3v) is 6.21. The first-order valence-corrected chi connectivity index (χ1v) is 10.5. The second kappa shape index (κ2) is 11.0. The highest BCUT2D eigenvalue weighted by atomic mass is 127. The van der Waals surface area contributed by atoms with Gasteiger partial charge in [-0.1, -0.05) is 6.07 Å². The first-order valence-electron chi connectivity index (χ1n) is 8.85. The summed E-state index contributed by atoms with van der Waals surface area (Å²) in [5, 5.41) is 15.7. The third kappa shape index (κ3) is 7.07. The summed E-state index contributed by atoms with van der Waals surface area (Å²) in [5.41, 5.74) is 0.654. The van der Waals surface area contributed by atoms with E-state index >= 15 is 0 Å². The Labute approximate surface area is 177 Å². The average molecular weight is 514 g/mol. The fraction of sp³-hybridized carbons (Fsp3) is 0.588. The molecule has 2 rings (SSSR count). The van der Waals surface area contributed by atoms with Crippen LogP contribution < -0.4 is 10.6 Å². The quantitative estimate of drug-likeness (QED) is 0.307. The summed E-state index contributed by atoms with van der Waals surface area (Å²) in [7, 11) is -3.13. The zero-order valence-electron chi connectivity index (χ0n) is 15.6. The van der Waals surface area contributed by atoms with Crippen molar-refractivity contribution in [3.8, 4) is 5.75 Å². The second-order valence-electron chi connectivity index (χ2n) is 6.20. The van der Waals surface area contributed by atoms with E-state index in [0.29, 0.717) is 44.0 Å². The largest absolute Gasteiger partial charge is 0.505 e. The fourth-order valence-electron chi connectivity index (χ4n) is 2.79. The van der Waals surface area contributed by atoms with Gasteiger partial charge in [0.2, 0.25) is 10.0 Å². The van der Waals surface area contributed by atoms with Gasteiger partial charge in [0.1, 0.15) is 0 Å². The van der Waals surface area contributed by atoms with Gasteiger partial charge in [0.15, 0.2) is 17.5 Å². The van der Waals surface area contributed by atoms with E-state index in [1.165, 1.54) is 16.4 Å². The van der Waals surface area contributed by atoms with Gasteiger partial charge in [-0.25, -0.2) is 22.1 Å². The van der Waals surface area contributed by atoms with Crippen molar-refractivity contribution in [1.29, 1.82) is 0 Å². The van der Waals surface area contributed by atoms with Crippen LogP contribution in [0.1, 0.15) is 32.3 Å². The van der Waals surface area contributed by atoms with Crippen LogP contribution in [0.5, 0.6) is 5.75 Å². The van der Waals surface area contributed by atoms with Crippen LogP contribution in [0.2, 0.25) is 0 Å². The smallest absolute Gasteiger partial charge is 0.213 e. The maximum Gasteiger partial charge on any atom is 0.213 e. The highest BCUT2D eigenvalue weighted by molar-refractivity contribution is 14.0. The lowest BCUT2D eigenvalue weighted by molar-refractivity contribution is 0.306. The zero-order chi connectivity index (χ0) is 19.2. The van der Waals surface area contributed by atoms with E-state index in [-0.39, 0.29) is 48.1 Å². The topological polar surface area (TPSA) is 94.0 Å². The molecule has 1 aliphatic rings. The van der Waals surface area contributed by atoms with Crippen LogP contribution in [0.15, 0.2) is 23.2 Å². The molecule has 27 heavy (non-hydrogen) atoms. The number of nitrogens with zero attached hydrogens (tertiary/aromatic N) is 2. The fourth-order valence-corrected chi connectivity index (χ4v) is 3.93. The van der Waals surface area contributed by atoms with Crippen molar-refractivity contribution in [2.75, 3.05) is 25.4 Å². The number of benzene rings is 1. The van der Waals surface area contributed by atoms with Crippen molar-refractivity contribution in [3.05, 3.63) is 29.6 Å². The lowest BCUT2D eigenvalue weighted by atomic mass is 10.1. The molecule has 1 aromatic carbocycles. The van der Waals surface area contributed by atoms with E-state index in [1.54, 1.807) is 13.0 Å². The zero-order valence-corrected chi connectivity index (χ0v) is 18.8. The number of phenols is 1. The van der Waals surface area contributed by atoms with Crippen molar-refractivity contribution in [1.82, 2.24) is 14.9 Å². The number of nitrogens with one attached hydrogen (secondary N) is 2. The molecule has 3 N–H and O–H groups in total. The SMILES string of the molecule is CCNC(=NCc1ccc(O)c(F)c1)NC1CCN(S(=O)(=O)CC)CC1.I. The van der Waals surface area contributed by atoms with Crippen LogP contribution in [0.3, 0.4) is 0 Å². The van der Waals surface area contributed by atoms with Crippen LogP contribution >= 0.6 is 24.0 Å². The molecule has 7 nitrogen and oxygen atoms in total. The van der Waals surface area contributed by atoms with Crippen molar-refractivity contribution in [2.45, 2.75) is 39.3 Å². The Morgan fingerprint density at radius 1 is 1.33 bits per heavy atom. The molecule has 0 atom stereocenters. The summed E-state index contributed by atoms with van der Waals surface area (Å²) in [4.78, 5) is 4.45. The Hall–Kier alpha value is -1.14. The van der Waals surface area contributed by atoms with Gasteiger partial charge in [0.05, 0.1) is 12.3 Å². The molecular formula is C17H28FIN4O3S. The number of aromatic hydroxyl groups is 1. The molecule has 0 bridgehead atoms. The molecule has 0 unspecified atom stereocenters. The van der Waals surface area contributed by atoms with Crippen LogP contribution in [-0.4, -0.2) is 55.2 Å². The predicted octanol–water partition coefficient (Wildman–Crippen LogP) is 2.02. The molecule has 0 spiro atoms. The summed E-state index contributed by atoms with van der Waals surface area (Å²) < 4.78 is 38.8. The van der Waals surface area contributed by atoms with Gasteiger partial charge in [0.25, 0.3) is 0 Å². The molecular weight excluding hydrogens is 486 g/mol. The number of hydrogen-bond acceptors (Lipinski definition) is 4. The van der Waals surface area contributed by atoms with Gasteiger partial charge < -0.3 is 15.7 Å². The molecule has 1 fully saturated rings. The van der Waals surface area contributed by atoms with E-state index in [9.17, 15) is 17.9 Å². The van der Waals surface area contributed by atoms with Crippen LogP contribution in [-0.2, 0) is 16.6 Å². The number of phenolic OH excluding ortho intramolecular Hbond substituents is 1. The lowest BCUT2D eigenvalue weighted by Crippen LogP contribution is -2.50. The molecule has 1 aromatic rings. The molecule has 0 amide bonds. The van der Waals surface area contributed by atoms with Gasteiger partial charge in [-0.15, -0.1) is 24.0 Å². The van der Waals surface area contributed by atoms with Gasteiger partial charge in [-0.2, -0.15) is 0 Å². The van der Waals surface area contributed by atoms with E-state index < -0.39 is 15.8 Å². The Morgan fingerprint density at radius 3 is 2.56 bits per heavy atom. The maximum absolute atomic E-state index is 13.4. The van der Waals surface area contributed by atoms with Crippen LogP contribution in [0.4, 0.5) is 4.39 Å². The van der Waals surface area contributed by atoms with Gasteiger partial charge >= 0.3 is 0 Å². The normalized spacial score (nSPS) is 16.6. The summed E-state index contributed by atoms with van der Waals surface area (Å²) in [6.45, 7) is 5.55. The summed E-state index contributed by atoms with van der Waals surface area (Å²) in [6.07, 6.45) is 1.41. The van der Waals surface area contributed by atoms with E-state index in [2.05, 4.69) is 15.6 Å². The molecule has 1 aliphatic heterocycles. The van der Waals surface area contributed by atoms with E-state index in [0.717, 1.165) is 0 Å². The number of guanidine groups is 1. The first kappa shape index (κ1) is 23.9. The Kier molecular flexibility index (Phi) is 9.74. The van der Waals surface area contributed by atoms with Crippen molar-refractivity contribution < 1.29 is 17.9 Å². The number of sulfonamides is 1. The van der Waals surface area contributed by atoms with Crippen LogP contribution in [0, 0.1) is 5.82 Å². The Bertz CT molecular complexity index is 738. The van der Waals surface area contributed by atoms with Gasteiger partial charge in [0, 0.05) is 25.7 Å². The molecule has 10 heteroatoms. The van der Waals surface area contributed by atoms with Crippen molar-refractivity contribution in [2.24, 2.45) is 4.99 Å². The summed E-state index contributed by atoms with van der Waals surface area (Å²) >= 11 is 0. The number of aliphatic imine (C=N–C) groups is 1. The molecule has 0 aromatic heterocycles. The third-order valence-electron chi connectivity index (χ3n) is 4.33. The molecule has 0 radical (unpaired) electrons.